The first-order valence-corrected chi connectivity index (χ1v) is 7.17. The predicted octanol–water partition coefficient (Wildman–Crippen LogP) is 2.71. The second-order valence-corrected chi connectivity index (χ2v) is 5.22. The van der Waals surface area contributed by atoms with E-state index >= 15 is 0 Å². The first kappa shape index (κ1) is 15.8. The van der Waals surface area contributed by atoms with Gasteiger partial charge >= 0.3 is 5.69 Å². The number of hydrogen-bond donors (Lipinski definition) is 0. The van der Waals surface area contributed by atoms with Crippen molar-refractivity contribution >= 4 is 17.2 Å². The molecule has 2 heterocycles. The minimum Gasteiger partial charge on any atom is -0.488 e. The molecule has 24 heavy (non-hydrogen) atoms. The van der Waals surface area contributed by atoms with E-state index in [1.54, 1.807) is 6.07 Å². The van der Waals surface area contributed by atoms with E-state index in [1.807, 2.05) is 6.07 Å². The van der Waals surface area contributed by atoms with Crippen molar-refractivity contribution < 1.29 is 9.13 Å². The maximum Gasteiger partial charge on any atom is 0.355 e. The standard InChI is InChI=1S/C16H10ClFN4O2/c1-2-5-24-14-7-13(12(18)6-10(14)8-19)22-16(23)21-9-11(17)3-4-15(21)20-22/h2-4,6-7,9H,1,5H2. The van der Waals surface area contributed by atoms with Gasteiger partial charge in [-0.1, -0.05) is 24.3 Å². The zero-order chi connectivity index (χ0) is 17.3. The van der Waals surface area contributed by atoms with E-state index in [0.717, 1.165) is 10.7 Å². The van der Waals surface area contributed by atoms with Crippen molar-refractivity contribution in [3.63, 3.8) is 0 Å². The Morgan fingerprint density at radius 2 is 2.25 bits per heavy atom. The highest BCUT2D eigenvalue weighted by Gasteiger charge is 2.17. The Labute approximate surface area is 140 Å². The van der Waals surface area contributed by atoms with Crippen LogP contribution in [0.25, 0.3) is 11.3 Å². The van der Waals surface area contributed by atoms with E-state index < -0.39 is 11.5 Å². The average Bonchev–Trinajstić information content (AvgIpc) is 2.89. The third-order valence-corrected chi connectivity index (χ3v) is 3.46. The zero-order valence-electron chi connectivity index (χ0n) is 12.2. The fourth-order valence-corrected chi connectivity index (χ4v) is 2.33. The Morgan fingerprint density at radius 1 is 1.46 bits per heavy atom. The van der Waals surface area contributed by atoms with Gasteiger partial charge in [-0.2, -0.15) is 9.94 Å². The maximum absolute atomic E-state index is 14.4. The first-order chi connectivity index (χ1) is 11.5. The number of halogens is 2. The van der Waals surface area contributed by atoms with Crippen molar-refractivity contribution in [2.45, 2.75) is 0 Å². The summed E-state index contributed by atoms with van der Waals surface area (Å²) in [6, 6.07) is 7.21. The van der Waals surface area contributed by atoms with Crippen LogP contribution in [-0.4, -0.2) is 20.8 Å². The van der Waals surface area contributed by atoms with Crippen LogP contribution >= 0.6 is 11.6 Å². The molecule has 3 aromatic rings. The van der Waals surface area contributed by atoms with E-state index in [-0.39, 0.29) is 23.6 Å². The molecule has 2 aromatic heterocycles. The molecular formula is C16H10ClFN4O2. The number of benzene rings is 1. The summed E-state index contributed by atoms with van der Waals surface area (Å²) in [4.78, 5) is 12.4. The zero-order valence-corrected chi connectivity index (χ0v) is 13.0. The van der Waals surface area contributed by atoms with Crippen molar-refractivity contribution in [2.75, 3.05) is 6.61 Å². The van der Waals surface area contributed by atoms with Crippen LogP contribution in [0.5, 0.6) is 5.75 Å². The molecule has 0 N–H and O–H groups in total. The molecule has 0 aliphatic rings. The van der Waals surface area contributed by atoms with Gasteiger partial charge in [0, 0.05) is 12.3 Å². The number of nitriles is 1. The average molecular weight is 345 g/mol. The molecule has 0 atom stereocenters. The molecule has 8 heteroatoms. The lowest BCUT2D eigenvalue weighted by Gasteiger charge is -2.08. The Hall–Kier alpha value is -3.11. The van der Waals surface area contributed by atoms with Gasteiger partial charge in [0.25, 0.3) is 0 Å². The van der Waals surface area contributed by atoms with Crippen LogP contribution in [0.15, 0.2) is 47.9 Å². The molecule has 0 aliphatic heterocycles. The van der Waals surface area contributed by atoms with Gasteiger partial charge in [0.15, 0.2) is 11.5 Å². The van der Waals surface area contributed by atoms with Crippen molar-refractivity contribution in [1.82, 2.24) is 14.2 Å². The number of nitrogens with zero attached hydrogens (tertiary/aromatic N) is 4. The number of aromatic nitrogens is 3. The van der Waals surface area contributed by atoms with Crippen LogP contribution in [0.4, 0.5) is 4.39 Å². The van der Waals surface area contributed by atoms with Gasteiger partial charge in [-0.15, -0.1) is 5.10 Å². The Kier molecular flexibility index (Phi) is 4.06. The molecule has 0 amide bonds. The SMILES string of the molecule is C=CCOc1cc(-n2nc3ccc(Cl)cn3c2=O)c(F)cc1C#N. The fourth-order valence-electron chi connectivity index (χ4n) is 2.17. The van der Waals surface area contributed by atoms with E-state index in [2.05, 4.69) is 11.7 Å². The summed E-state index contributed by atoms with van der Waals surface area (Å²) in [6.45, 7) is 3.65. The fraction of sp³-hybridized carbons (Fsp3) is 0.0625. The smallest absolute Gasteiger partial charge is 0.355 e. The van der Waals surface area contributed by atoms with Gasteiger partial charge in [-0.3, -0.25) is 0 Å². The van der Waals surface area contributed by atoms with E-state index in [9.17, 15) is 9.18 Å². The first-order valence-electron chi connectivity index (χ1n) is 6.80. The van der Waals surface area contributed by atoms with Crippen LogP contribution in [0.3, 0.4) is 0 Å². The lowest BCUT2D eigenvalue weighted by molar-refractivity contribution is 0.361. The van der Waals surface area contributed by atoms with Gasteiger partial charge in [-0.25, -0.2) is 13.6 Å². The van der Waals surface area contributed by atoms with E-state index in [4.69, 9.17) is 21.6 Å². The summed E-state index contributed by atoms with van der Waals surface area (Å²) in [7, 11) is 0. The highest BCUT2D eigenvalue weighted by molar-refractivity contribution is 6.30. The predicted molar refractivity (Wildman–Crippen MR) is 86.2 cm³/mol. The maximum atomic E-state index is 14.4. The summed E-state index contributed by atoms with van der Waals surface area (Å²) in [5.41, 5.74) is -0.400. The number of pyridine rings is 1. The molecule has 0 unspecified atom stereocenters. The van der Waals surface area contributed by atoms with Crippen LogP contribution in [0, 0.1) is 17.1 Å². The topological polar surface area (TPSA) is 72.3 Å². The summed E-state index contributed by atoms with van der Waals surface area (Å²) in [5.74, 6) is -0.634. The van der Waals surface area contributed by atoms with Gasteiger partial charge in [-0.05, 0) is 18.2 Å². The highest BCUT2D eigenvalue weighted by Crippen LogP contribution is 2.24. The summed E-state index contributed by atoms with van der Waals surface area (Å²) in [6.07, 6.45) is 2.88. The minimum atomic E-state index is -0.769. The van der Waals surface area contributed by atoms with Gasteiger partial charge in [0.1, 0.15) is 24.1 Å². The molecule has 0 aliphatic carbocycles. The number of rotatable bonds is 4. The normalized spacial score (nSPS) is 10.5. The number of ether oxygens (including phenoxy) is 1. The summed E-state index contributed by atoms with van der Waals surface area (Å²) >= 11 is 5.86. The van der Waals surface area contributed by atoms with Crippen LogP contribution in [0.1, 0.15) is 5.56 Å². The van der Waals surface area contributed by atoms with Gasteiger partial charge < -0.3 is 4.74 Å². The van der Waals surface area contributed by atoms with E-state index in [1.165, 1.54) is 28.8 Å². The molecule has 0 saturated carbocycles. The highest BCUT2D eigenvalue weighted by atomic mass is 35.5. The lowest BCUT2D eigenvalue weighted by Crippen LogP contribution is -2.20. The van der Waals surface area contributed by atoms with Crippen LogP contribution in [-0.2, 0) is 0 Å². The molecule has 0 radical (unpaired) electrons. The van der Waals surface area contributed by atoms with Gasteiger partial charge in [0.2, 0.25) is 0 Å². The quantitative estimate of drug-likeness (QED) is 0.682. The third kappa shape index (κ3) is 2.64. The largest absolute Gasteiger partial charge is 0.488 e. The second kappa shape index (κ2) is 6.18. The van der Waals surface area contributed by atoms with Crippen molar-refractivity contribution in [1.29, 1.82) is 5.26 Å². The summed E-state index contributed by atoms with van der Waals surface area (Å²) in [5, 5.41) is 13.5. The molecule has 0 spiro atoms. The van der Waals surface area contributed by atoms with Crippen molar-refractivity contribution in [3.8, 4) is 17.5 Å². The Bertz CT molecular complexity index is 1050. The molecule has 0 saturated heterocycles. The molecular weight excluding hydrogens is 335 g/mol. The van der Waals surface area contributed by atoms with Crippen LogP contribution < -0.4 is 10.4 Å². The van der Waals surface area contributed by atoms with Crippen molar-refractivity contribution in [2.24, 2.45) is 0 Å². The summed E-state index contributed by atoms with van der Waals surface area (Å²) < 4.78 is 21.8. The molecule has 120 valence electrons. The van der Waals surface area contributed by atoms with Crippen LogP contribution in [0.2, 0.25) is 5.02 Å². The second-order valence-electron chi connectivity index (χ2n) is 4.78. The van der Waals surface area contributed by atoms with Crippen molar-refractivity contribution in [3.05, 3.63) is 70.0 Å². The molecule has 1 aromatic carbocycles. The molecule has 6 nitrogen and oxygen atoms in total. The monoisotopic (exact) mass is 344 g/mol. The molecule has 0 bridgehead atoms. The number of hydrogen-bond acceptors (Lipinski definition) is 4. The Morgan fingerprint density at radius 3 is 2.96 bits per heavy atom. The minimum absolute atomic E-state index is 0.0120. The molecule has 3 rings (SSSR count). The van der Waals surface area contributed by atoms with Gasteiger partial charge in [0.05, 0.1) is 10.6 Å². The number of fused-ring (bicyclic) bond motifs is 1. The lowest BCUT2D eigenvalue weighted by atomic mass is 10.2. The van der Waals surface area contributed by atoms with E-state index in [0.29, 0.717) is 10.7 Å². The Balaban J connectivity index is 2.22. The third-order valence-electron chi connectivity index (χ3n) is 3.23. The molecule has 0 fully saturated rings.